The zero-order valence-electron chi connectivity index (χ0n) is 12.8. The Balaban J connectivity index is 1.68. The first-order chi connectivity index (χ1) is 10.1. The number of carbonyl (C=O) groups excluding carboxylic acids is 1. The van der Waals surface area contributed by atoms with Gasteiger partial charge in [-0.15, -0.1) is 0 Å². The molecule has 1 amide bonds. The summed E-state index contributed by atoms with van der Waals surface area (Å²) in [7, 11) is 2.14. The third-order valence-corrected chi connectivity index (χ3v) is 4.21. The summed E-state index contributed by atoms with van der Waals surface area (Å²) in [6.45, 7) is 3.23. The van der Waals surface area contributed by atoms with Crippen LogP contribution in [0.5, 0.6) is 0 Å². The Labute approximate surface area is 126 Å². The molecular weight excluding hydrogens is 262 g/mol. The van der Waals surface area contributed by atoms with Crippen molar-refractivity contribution in [2.24, 2.45) is 5.92 Å². The van der Waals surface area contributed by atoms with Crippen LogP contribution in [0.3, 0.4) is 0 Å². The lowest BCUT2D eigenvalue weighted by molar-refractivity contribution is -0.116. The highest BCUT2D eigenvalue weighted by Crippen LogP contribution is 2.34. The van der Waals surface area contributed by atoms with Gasteiger partial charge in [-0.1, -0.05) is 0 Å². The molecule has 112 valence electrons. The Bertz CT molecular complexity index is 514. The molecule has 1 aliphatic carbocycles. The third kappa shape index (κ3) is 4.87. The van der Waals surface area contributed by atoms with E-state index < -0.39 is 0 Å². The molecule has 0 bridgehead atoms. The lowest BCUT2D eigenvalue weighted by Crippen LogP contribution is -2.32. The first-order valence-corrected chi connectivity index (χ1v) is 7.60. The van der Waals surface area contributed by atoms with Crippen molar-refractivity contribution in [3.8, 4) is 6.07 Å². The summed E-state index contributed by atoms with van der Waals surface area (Å²) in [4.78, 5) is 14.2. The van der Waals surface area contributed by atoms with Crippen molar-refractivity contribution in [2.75, 3.05) is 18.9 Å². The molecule has 1 atom stereocenters. The zero-order chi connectivity index (χ0) is 15.2. The van der Waals surface area contributed by atoms with Crippen LogP contribution in [0.2, 0.25) is 0 Å². The molecular formula is C17H23N3O. The fourth-order valence-corrected chi connectivity index (χ4v) is 2.48. The number of anilines is 1. The fraction of sp³-hybridized carbons (Fsp3) is 0.529. The van der Waals surface area contributed by atoms with Crippen LogP contribution in [0.1, 0.15) is 38.2 Å². The van der Waals surface area contributed by atoms with E-state index in [1.54, 1.807) is 24.3 Å². The van der Waals surface area contributed by atoms with E-state index in [0.29, 0.717) is 18.0 Å². The molecule has 1 aliphatic rings. The maximum atomic E-state index is 11.9. The lowest BCUT2D eigenvalue weighted by atomic mass is 10.1. The summed E-state index contributed by atoms with van der Waals surface area (Å²) in [6, 6.07) is 9.63. The van der Waals surface area contributed by atoms with Crippen LogP contribution in [-0.4, -0.2) is 30.4 Å². The van der Waals surface area contributed by atoms with Gasteiger partial charge in [-0.2, -0.15) is 5.26 Å². The second kappa shape index (κ2) is 7.24. The Morgan fingerprint density at radius 1 is 1.43 bits per heavy atom. The Morgan fingerprint density at radius 3 is 2.67 bits per heavy atom. The topological polar surface area (TPSA) is 56.1 Å². The molecule has 1 saturated carbocycles. The van der Waals surface area contributed by atoms with Gasteiger partial charge in [-0.25, -0.2) is 0 Å². The Morgan fingerprint density at radius 2 is 2.10 bits per heavy atom. The van der Waals surface area contributed by atoms with Crippen LogP contribution >= 0.6 is 0 Å². The van der Waals surface area contributed by atoms with Crippen molar-refractivity contribution in [3.05, 3.63) is 29.8 Å². The minimum absolute atomic E-state index is 0.0344. The van der Waals surface area contributed by atoms with Gasteiger partial charge in [0.1, 0.15) is 0 Å². The minimum atomic E-state index is 0.0344. The molecule has 1 N–H and O–H groups in total. The highest BCUT2D eigenvalue weighted by atomic mass is 16.1. The third-order valence-electron chi connectivity index (χ3n) is 4.21. The fourth-order valence-electron chi connectivity index (χ4n) is 2.48. The van der Waals surface area contributed by atoms with E-state index in [1.165, 1.54) is 12.8 Å². The molecule has 0 saturated heterocycles. The van der Waals surface area contributed by atoms with Crippen molar-refractivity contribution in [1.29, 1.82) is 5.26 Å². The number of hydrogen-bond acceptors (Lipinski definition) is 3. The van der Waals surface area contributed by atoms with Gasteiger partial charge in [-0.3, -0.25) is 4.79 Å². The monoisotopic (exact) mass is 285 g/mol. The summed E-state index contributed by atoms with van der Waals surface area (Å²) in [5.74, 6) is 0.898. The largest absolute Gasteiger partial charge is 0.326 e. The SMILES string of the molecule is CC(C1CC1)N(C)CCCC(=O)Nc1ccc(C#N)cc1. The highest BCUT2D eigenvalue weighted by Gasteiger charge is 2.30. The normalized spacial score (nSPS) is 15.5. The molecule has 2 rings (SSSR count). The van der Waals surface area contributed by atoms with E-state index in [-0.39, 0.29) is 5.91 Å². The molecule has 4 heteroatoms. The van der Waals surface area contributed by atoms with E-state index in [0.717, 1.165) is 24.6 Å². The second-order valence-electron chi connectivity index (χ2n) is 5.90. The van der Waals surface area contributed by atoms with Crippen LogP contribution in [0.4, 0.5) is 5.69 Å². The lowest BCUT2D eigenvalue weighted by Gasteiger charge is -2.24. The van der Waals surface area contributed by atoms with Crippen LogP contribution in [0.25, 0.3) is 0 Å². The molecule has 1 unspecified atom stereocenters. The van der Waals surface area contributed by atoms with Crippen molar-refractivity contribution >= 4 is 11.6 Å². The summed E-state index contributed by atoms with van der Waals surface area (Å²) < 4.78 is 0. The number of carbonyl (C=O) groups is 1. The second-order valence-corrected chi connectivity index (χ2v) is 5.90. The number of hydrogen-bond donors (Lipinski definition) is 1. The van der Waals surface area contributed by atoms with Crippen molar-refractivity contribution in [3.63, 3.8) is 0 Å². The highest BCUT2D eigenvalue weighted by molar-refractivity contribution is 5.90. The maximum absolute atomic E-state index is 11.9. The minimum Gasteiger partial charge on any atom is -0.326 e. The quantitative estimate of drug-likeness (QED) is 0.838. The van der Waals surface area contributed by atoms with Gasteiger partial charge in [0, 0.05) is 18.2 Å². The summed E-state index contributed by atoms with van der Waals surface area (Å²) in [5, 5.41) is 11.6. The van der Waals surface area contributed by atoms with E-state index in [1.807, 2.05) is 0 Å². The van der Waals surface area contributed by atoms with E-state index >= 15 is 0 Å². The van der Waals surface area contributed by atoms with Gasteiger partial charge in [0.05, 0.1) is 11.6 Å². The van der Waals surface area contributed by atoms with Crippen molar-refractivity contribution in [1.82, 2.24) is 4.90 Å². The summed E-state index contributed by atoms with van der Waals surface area (Å²) in [6.07, 6.45) is 4.10. The van der Waals surface area contributed by atoms with Crippen molar-refractivity contribution in [2.45, 2.75) is 38.6 Å². The Kier molecular flexibility index (Phi) is 5.35. The van der Waals surface area contributed by atoms with Crippen LogP contribution in [0.15, 0.2) is 24.3 Å². The maximum Gasteiger partial charge on any atom is 0.224 e. The van der Waals surface area contributed by atoms with Crippen LogP contribution < -0.4 is 5.32 Å². The molecule has 21 heavy (non-hydrogen) atoms. The van der Waals surface area contributed by atoms with E-state index in [9.17, 15) is 4.79 Å². The molecule has 1 aromatic carbocycles. The van der Waals surface area contributed by atoms with Gasteiger partial charge in [-0.05, 0) is 70.0 Å². The number of nitrogens with one attached hydrogen (secondary N) is 1. The van der Waals surface area contributed by atoms with Gasteiger partial charge < -0.3 is 10.2 Å². The molecule has 1 fully saturated rings. The van der Waals surface area contributed by atoms with E-state index in [4.69, 9.17) is 5.26 Å². The zero-order valence-corrected chi connectivity index (χ0v) is 12.8. The molecule has 0 radical (unpaired) electrons. The number of amides is 1. The molecule has 0 aromatic heterocycles. The molecule has 1 aromatic rings. The molecule has 0 heterocycles. The number of nitriles is 1. The van der Waals surface area contributed by atoms with E-state index in [2.05, 4.69) is 30.3 Å². The standard InChI is InChI=1S/C17H23N3O/c1-13(15-7-8-15)20(2)11-3-4-17(21)19-16-9-5-14(12-18)6-10-16/h5-6,9-10,13,15H,3-4,7-8,11H2,1-2H3,(H,19,21). The van der Waals surface area contributed by atoms with Gasteiger partial charge in [0.15, 0.2) is 0 Å². The smallest absolute Gasteiger partial charge is 0.224 e. The predicted molar refractivity (Wildman–Crippen MR) is 83.8 cm³/mol. The number of rotatable bonds is 7. The van der Waals surface area contributed by atoms with Gasteiger partial charge in [0.2, 0.25) is 5.91 Å². The molecule has 4 nitrogen and oxygen atoms in total. The summed E-state index contributed by atoms with van der Waals surface area (Å²) >= 11 is 0. The average molecular weight is 285 g/mol. The first kappa shape index (κ1) is 15.5. The summed E-state index contributed by atoms with van der Waals surface area (Å²) in [5.41, 5.74) is 1.35. The average Bonchev–Trinajstić information content (AvgIpc) is 3.31. The van der Waals surface area contributed by atoms with Gasteiger partial charge >= 0.3 is 0 Å². The van der Waals surface area contributed by atoms with Crippen LogP contribution in [0, 0.1) is 17.2 Å². The predicted octanol–water partition coefficient (Wildman–Crippen LogP) is 3.01. The van der Waals surface area contributed by atoms with Crippen LogP contribution in [-0.2, 0) is 4.79 Å². The number of benzene rings is 1. The van der Waals surface area contributed by atoms with Crippen molar-refractivity contribution < 1.29 is 4.79 Å². The molecule has 0 spiro atoms. The first-order valence-electron chi connectivity index (χ1n) is 7.60. The molecule has 0 aliphatic heterocycles. The van der Waals surface area contributed by atoms with Gasteiger partial charge in [0.25, 0.3) is 0 Å². The number of nitrogens with zero attached hydrogens (tertiary/aromatic N) is 2. The Hall–Kier alpha value is -1.86.